The van der Waals surface area contributed by atoms with Gasteiger partial charge in [-0.2, -0.15) is 0 Å². The summed E-state index contributed by atoms with van der Waals surface area (Å²) < 4.78 is 144. The summed E-state index contributed by atoms with van der Waals surface area (Å²) in [5, 5.41) is 0. The average molecular weight is 1470 g/mol. The molecule has 0 fully saturated rings. The van der Waals surface area contributed by atoms with Crippen LogP contribution >= 0.6 is 0 Å². The zero-order valence-electron chi connectivity index (χ0n) is 63.6. The molecule has 0 unspecified atom stereocenters. The second-order valence-electron chi connectivity index (χ2n) is 23.3. The summed E-state index contributed by atoms with van der Waals surface area (Å²) in [6.07, 6.45) is 18.2. The molecule has 0 heterocycles. The molecule has 0 aliphatic heterocycles. The van der Waals surface area contributed by atoms with Gasteiger partial charge in [-0.15, -0.1) is 0 Å². The van der Waals surface area contributed by atoms with Crippen LogP contribution in [0.4, 0.5) is 0 Å². The van der Waals surface area contributed by atoms with Crippen molar-refractivity contribution in [2.24, 2.45) is 5.41 Å². The molecule has 0 rings (SSSR count). The van der Waals surface area contributed by atoms with E-state index in [1.165, 1.54) is 51.4 Å². The Morgan fingerprint density at radius 1 is 0.178 bits per heavy atom. The molecule has 604 valence electrons. The maximum Gasteiger partial charge on any atom is 0.323 e. The van der Waals surface area contributed by atoms with Crippen molar-refractivity contribution in [1.82, 2.24) is 0 Å². The van der Waals surface area contributed by atoms with E-state index in [1.54, 1.807) is 14.2 Å². The second-order valence-corrected chi connectivity index (χ2v) is 23.3. The van der Waals surface area contributed by atoms with Crippen LogP contribution in [0.3, 0.4) is 0 Å². The third-order valence-corrected chi connectivity index (χ3v) is 14.9. The zero-order valence-corrected chi connectivity index (χ0v) is 63.6. The molecule has 28 nitrogen and oxygen atoms in total. The van der Waals surface area contributed by atoms with Gasteiger partial charge in [0.15, 0.2) is 5.41 Å². The van der Waals surface area contributed by atoms with E-state index in [9.17, 15) is 9.59 Å². The van der Waals surface area contributed by atoms with Gasteiger partial charge in [0.05, 0.1) is 304 Å². The van der Waals surface area contributed by atoms with Gasteiger partial charge in [0.25, 0.3) is 0 Å². The van der Waals surface area contributed by atoms with Crippen LogP contribution in [0.15, 0.2) is 0 Å². The summed E-state index contributed by atoms with van der Waals surface area (Å²) in [7, 11) is 3.29. The minimum Gasteiger partial charge on any atom is -0.462 e. The first kappa shape index (κ1) is 99.0. The highest BCUT2D eigenvalue weighted by Gasteiger charge is 2.48. The molecule has 0 aliphatic carbocycles. The van der Waals surface area contributed by atoms with Gasteiger partial charge in [-0.25, -0.2) is 0 Å². The van der Waals surface area contributed by atoms with Crippen LogP contribution in [0.25, 0.3) is 0 Å². The highest BCUT2D eigenvalue weighted by molar-refractivity contribution is 6.00. The first-order valence-electron chi connectivity index (χ1n) is 38.1. The van der Waals surface area contributed by atoms with Gasteiger partial charge < -0.3 is 123 Å². The predicted octanol–water partition coefficient (Wildman–Crippen LogP) is 7.78. The van der Waals surface area contributed by atoms with Crippen LogP contribution in [-0.2, 0) is 133 Å². The Hall–Kier alpha value is -2.02. The van der Waals surface area contributed by atoms with Gasteiger partial charge in [-0.1, -0.05) is 117 Å². The van der Waals surface area contributed by atoms with Gasteiger partial charge >= 0.3 is 11.9 Å². The molecule has 0 N–H and O–H groups in total. The van der Waals surface area contributed by atoms with Gasteiger partial charge in [0, 0.05) is 14.2 Å². The molecule has 0 saturated heterocycles. The maximum atomic E-state index is 14.2. The third-order valence-electron chi connectivity index (χ3n) is 14.9. The molecular weight excluding hydrogens is 1320 g/mol. The second kappa shape index (κ2) is 88.6. The van der Waals surface area contributed by atoms with E-state index in [4.69, 9.17) is 123 Å². The summed E-state index contributed by atoms with van der Waals surface area (Å²) in [5.41, 5.74) is -1.41. The fraction of sp³-hybridized carbons (Fsp3) is 0.973. The summed E-state index contributed by atoms with van der Waals surface area (Å²) >= 11 is 0. The van der Waals surface area contributed by atoms with E-state index >= 15 is 0 Å². The van der Waals surface area contributed by atoms with Gasteiger partial charge in [-0.05, 0) is 12.8 Å². The molecule has 0 saturated carbocycles. The van der Waals surface area contributed by atoms with Crippen LogP contribution in [0.5, 0.6) is 0 Å². The molecule has 0 spiro atoms. The lowest BCUT2D eigenvalue weighted by molar-refractivity contribution is -0.176. The fourth-order valence-electron chi connectivity index (χ4n) is 9.29. The molecular formula is C73H144O28. The smallest absolute Gasteiger partial charge is 0.323 e. The molecule has 0 bridgehead atoms. The first-order chi connectivity index (χ1) is 50.1. The van der Waals surface area contributed by atoms with Crippen LogP contribution in [0.1, 0.15) is 129 Å². The summed E-state index contributed by atoms with van der Waals surface area (Å²) in [4.78, 5) is 28.4. The highest BCUT2D eigenvalue weighted by atomic mass is 16.6. The quantitative estimate of drug-likeness (QED) is 0.0319. The number of rotatable bonds is 92. The third kappa shape index (κ3) is 77.4. The first-order valence-corrected chi connectivity index (χ1v) is 38.1. The van der Waals surface area contributed by atoms with Crippen molar-refractivity contribution in [2.45, 2.75) is 129 Å². The summed E-state index contributed by atoms with van der Waals surface area (Å²) in [6, 6.07) is 0. The highest BCUT2D eigenvalue weighted by Crippen LogP contribution is 2.36. The fourth-order valence-corrected chi connectivity index (χ4v) is 9.29. The molecule has 0 radical (unpaired) electrons. The monoisotopic (exact) mass is 1470 g/mol. The van der Waals surface area contributed by atoms with E-state index in [1.807, 2.05) is 0 Å². The molecule has 101 heavy (non-hydrogen) atoms. The topological polar surface area (TPSA) is 274 Å². The van der Waals surface area contributed by atoms with Crippen molar-refractivity contribution in [3.05, 3.63) is 0 Å². The number of methoxy groups -OCH3 is 2. The van der Waals surface area contributed by atoms with E-state index in [0.717, 1.165) is 51.4 Å². The van der Waals surface area contributed by atoms with Gasteiger partial charge in [0.1, 0.15) is 13.2 Å². The van der Waals surface area contributed by atoms with Crippen molar-refractivity contribution in [3.63, 3.8) is 0 Å². The number of carbonyl (C=O) groups excluding carboxylic acids is 2. The minimum absolute atomic E-state index is 0.0124. The van der Waals surface area contributed by atoms with Crippen molar-refractivity contribution in [2.75, 3.05) is 331 Å². The molecule has 0 amide bonds. The average Bonchev–Trinajstić information content (AvgIpc) is 0.812. The van der Waals surface area contributed by atoms with Crippen molar-refractivity contribution in [3.8, 4) is 0 Å². The van der Waals surface area contributed by atoms with Crippen LogP contribution in [0.2, 0.25) is 0 Å². The summed E-state index contributed by atoms with van der Waals surface area (Å²) in [6.45, 7) is 25.5. The Morgan fingerprint density at radius 2 is 0.307 bits per heavy atom. The SMILES string of the molecule is CCCCCCCCCCC(CCCCCCCCCC)(C(=O)OCCOCCOCCOCCOCCOCCOCCOCCOCCOCCOCCOCCOC)C(=O)OCCOCCOCCOCCOCCOCCOCCOCCOCCOCCOCCOCCOC. The van der Waals surface area contributed by atoms with E-state index in [2.05, 4.69) is 13.8 Å². The normalized spacial score (nSPS) is 11.8. The van der Waals surface area contributed by atoms with Crippen molar-refractivity contribution >= 4 is 11.9 Å². The van der Waals surface area contributed by atoms with E-state index in [0.29, 0.717) is 304 Å². The predicted molar refractivity (Wildman–Crippen MR) is 381 cm³/mol. The Morgan fingerprint density at radius 3 is 0.455 bits per heavy atom. The maximum absolute atomic E-state index is 14.2. The Balaban J connectivity index is 4.29. The van der Waals surface area contributed by atoms with Crippen LogP contribution in [0, 0.1) is 5.41 Å². The Bertz CT molecular complexity index is 1460. The largest absolute Gasteiger partial charge is 0.462 e. The van der Waals surface area contributed by atoms with Crippen LogP contribution < -0.4 is 0 Å². The van der Waals surface area contributed by atoms with E-state index < -0.39 is 17.4 Å². The van der Waals surface area contributed by atoms with Crippen molar-refractivity contribution < 1.29 is 133 Å². The minimum atomic E-state index is -1.41. The number of hydrogen-bond acceptors (Lipinski definition) is 28. The molecule has 0 atom stereocenters. The van der Waals surface area contributed by atoms with Crippen molar-refractivity contribution in [1.29, 1.82) is 0 Å². The summed E-state index contributed by atoms with van der Waals surface area (Å²) in [5.74, 6) is -1.09. The number of hydrogen-bond donors (Lipinski definition) is 0. The molecule has 0 aromatic rings. The lowest BCUT2D eigenvalue weighted by atomic mass is 9.77. The molecule has 0 aromatic heterocycles. The van der Waals surface area contributed by atoms with Gasteiger partial charge in [0.2, 0.25) is 0 Å². The number of carbonyl (C=O) groups is 2. The molecule has 28 heteroatoms. The lowest BCUT2D eigenvalue weighted by Crippen LogP contribution is -2.43. The number of unbranched alkanes of at least 4 members (excludes halogenated alkanes) is 14. The number of esters is 2. The van der Waals surface area contributed by atoms with Crippen LogP contribution in [-0.4, -0.2) is 343 Å². The standard InChI is InChI=1S/C73H144O28/c1-5-7-9-11-13-15-17-19-21-73(22-20-18-16-14-12-10-8-6-2,71(74)100-69-67-98-65-63-96-61-59-94-57-55-92-53-51-90-49-47-88-45-43-86-41-39-84-37-35-82-33-31-80-29-27-78-25-23-76-3)72(75)101-70-68-99-66-64-97-62-60-95-58-56-93-54-52-91-50-48-89-46-44-87-42-40-85-38-36-83-34-32-81-30-28-79-26-24-77-4/h5-70H2,1-4H3. The number of ether oxygens (including phenoxy) is 26. The van der Waals surface area contributed by atoms with Gasteiger partial charge in [-0.3, -0.25) is 9.59 Å². The molecule has 0 aromatic carbocycles. The zero-order chi connectivity index (χ0) is 72.7. The Kier molecular flexibility index (Phi) is 86.8. The lowest BCUT2D eigenvalue weighted by Gasteiger charge is -2.30. The molecule has 0 aliphatic rings. The Labute approximate surface area is 608 Å². The van der Waals surface area contributed by atoms with E-state index in [-0.39, 0.29) is 26.4 Å².